The summed E-state index contributed by atoms with van der Waals surface area (Å²) in [4.78, 5) is 0. The molecule has 0 unspecified atom stereocenters. The van der Waals surface area contributed by atoms with Gasteiger partial charge in [-0.25, -0.2) is 0 Å². The third kappa shape index (κ3) is 2.13. The van der Waals surface area contributed by atoms with Gasteiger partial charge in [0.05, 0.1) is 13.2 Å². The third-order valence-electron chi connectivity index (χ3n) is 0.988. The second-order valence-corrected chi connectivity index (χ2v) is 1.70. The van der Waals surface area contributed by atoms with Crippen LogP contribution in [0.5, 0.6) is 0 Å². The molecule has 0 aromatic rings. The molecule has 1 fully saturated rings. The van der Waals surface area contributed by atoms with Crippen molar-refractivity contribution in [1.29, 1.82) is 0 Å². The fourth-order valence-electron chi connectivity index (χ4n) is 0.612. The quantitative estimate of drug-likeness (QED) is 0.505. The maximum Gasteiger partial charge on any atom is 0.232 e. The summed E-state index contributed by atoms with van der Waals surface area (Å²) in [5.74, 6) is 0. The summed E-state index contributed by atoms with van der Waals surface area (Å²) in [6.45, 7) is 5.43. The highest BCUT2D eigenvalue weighted by atomic mass is 16.7. The average molecular weight is 128 g/mol. The minimum Gasteiger partial charge on any atom is -0.336 e. The van der Waals surface area contributed by atoms with E-state index < -0.39 is 0 Å². The van der Waals surface area contributed by atoms with E-state index in [-0.39, 0.29) is 6.41 Å². The zero-order chi connectivity index (χ0) is 6.53. The van der Waals surface area contributed by atoms with Gasteiger partial charge < -0.3 is 9.47 Å². The summed E-state index contributed by atoms with van der Waals surface area (Å²) in [7, 11) is 0. The highest BCUT2D eigenvalue weighted by molar-refractivity contribution is 4.69. The summed E-state index contributed by atoms with van der Waals surface area (Å²) in [6, 6.07) is 0. The van der Waals surface area contributed by atoms with E-state index in [1.54, 1.807) is 6.08 Å². The lowest BCUT2D eigenvalue weighted by Crippen LogP contribution is -2.22. The first kappa shape index (κ1) is 6.74. The van der Waals surface area contributed by atoms with Crippen molar-refractivity contribution in [3.05, 3.63) is 12.7 Å². The van der Waals surface area contributed by atoms with Gasteiger partial charge in [-0.05, 0) is 0 Å². The summed E-state index contributed by atoms with van der Waals surface area (Å²) in [6.07, 6.45) is 1.38. The maximum atomic E-state index is 5.02. The largest absolute Gasteiger partial charge is 0.336 e. The first-order valence-corrected chi connectivity index (χ1v) is 2.94. The number of rotatable bonds is 3. The molecular weight excluding hydrogens is 118 g/mol. The van der Waals surface area contributed by atoms with Crippen LogP contribution in [-0.4, -0.2) is 26.2 Å². The molecule has 1 radical (unpaired) electrons. The van der Waals surface area contributed by atoms with E-state index >= 15 is 0 Å². The van der Waals surface area contributed by atoms with Gasteiger partial charge in [-0.15, -0.1) is 6.58 Å². The molecule has 51 valence electrons. The minimum absolute atomic E-state index is 0.331. The maximum absolute atomic E-state index is 5.02. The Kier molecular flexibility index (Phi) is 2.70. The van der Waals surface area contributed by atoms with Crippen LogP contribution < -0.4 is 5.32 Å². The van der Waals surface area contributed by atoms with Crippen LogP contribution >= 0.6 is 0 Å². The lowest BCUT2D eigenvalue weighted by Gasteiger charge is -2.04. The molecule has 0 aromatic heterocycles. The van der Waals surface area contributed by atoms with Crippen LogP contribution in [0.3, 0.4) is 0 Å². The summed E-state index contributed by atoms with van der Waals surface area (Å²) in [5.41, 5.74) is 0. The first-order chi connectivity index (χ1) is 4.43. The van der Waals surface area contributed by atoms with Crippen LogP contribution in [-0.2, 0) is 9.47 Å². The average Bonchev–Trinajstić information content (AvgIpc) is 2.34. The Hall–Kier alpha value is -0.380. The molecule has 1 aliphatic heterocycles. The Morgan fingerprint density at radius 1 is 1.56 bits per heavy atom. The molecule has 3 heteroatoms. The van der Waals surface area contributed by atoms with Gasteiger partial charge in [0.15, 0.2) is 0 Å². The molecule has 0 N–H and O–H groups in total. The summed E-state index contributed by atoms with van der Waals surface area (Å²) < 4.78 is 10.0. The molecule has 9 heavy (non-hydrogen) atoms. The summed E-state index contributed by atoms with van der Waals surface area (Å²) >= 11 is 0. The van der Waals surface area contributed by atoms with Crippen molar-refractivity contribution in [3.8, 4) is 0 Å². The Morgan fingerprint density at radius 2 is 2.22 bits per heavy atom. The molecule has 0 aromatic carbocycles. The molecule has 0 atom stereocenters. The van der Waals surface area contributed by atoms with Gasteiger partial charge in [0.25, 0.3) is 0 Å². The normalized spacial score (nSPS) is 20.4. The van der Waals surface area contributed by atoms with Gasteiger partial charge in [0.1, 0.15) is 0 Å². The van der Waals surface area contributed by atoms with Crippen LogP contribution in [0.4, 0.5) is 0 Å². The second-order valence-electron chi connectivity index (χ2n) is 1.70. The molecule has 0 aliphatic carbocycles. The molecule has 0 bridgehead atoms. The SMILES string of the molecule is C=CC[N]C1OCCO1. The Labute approximate surface area is 54.6 Å². The fraction of sp³-hybridized carbons (Fsp3) is 0.667. The number of ether oxygens (including phenoxy) is 2. The van der Waals surface area contributed by atoms with Gasteiger partial charge in [0, 0.05) is 6.54 Å². The van der Waals surface area contributed by atoms with E-state index in [2.05, 4.69) is 11.9 Å². The van der Waals surface area contributed by atoms with E-state index in [4.69, 9.17) is 9.47 Å². The predicted molar refractivity (Wildman–Crippen MR) is 32.9 cm³/mol. The minimum atomic E-state index is -0.331. The molecule has 0 amide bonds. The van der Waals surface area contributed by atoms with Crippen LogP contribution in [0, 0.1) is 0 Å². The van der Waals surface area contributed by atoms with E-state index in [1.807, 2.05) is 0 Å². The zero-order valence-corrected chi connectivity index (χ0v) is 5.25. The number of hydrogen-bond acceptors (Lipinski definition) is 2. The third-order valence-corrected chi connectivity index (χ3v) is 0.988. The van der Waals surface area contributed by atoms with Crippen molar-refractivity contribution < 1.29 is 9.47 Å². The molecule has 0 saturated carbocycles. The molecular formula is C6H10NO2. The van der Waals surface area contributed by atoms with Crippen LogP contribution in [0.25, 0.3) is 0 Å². The van der Waals surface area contributed by atoms with Gasteiger partial charge in [0.2, 0.25) is 6.41 Å². The summed E-state index contributed by atoms with van der Waals surface area (Å²) in [5, 5.41) is 3.98. The fourth-order valence-corrected chi connectivity index (χ4v) is 0.612. The lowest BCUT2D eigenvalue weighted by molar-refractivity contribution is -0.0666. The second kappa shape index (κ2) is 3.61. The number of nitrogens with zero attached hydrogens (tertiary/aromatic N) is 1. The highest BCUT2D eigenvalue weighted by Crippen LogP contribution is 1.99. The lowest BCUT2D eigenvalue weighted by atomic mass is 10.6. The molecule has 0 spiro atoms. The van der Waals surface area contributed by atoms with Crippen molar-refractivity contribution in [1.82, 2.24) is 5.32 Å². The Balaban J connectivity index is 2.04. The Morgan fingerprint density at radius 3 is 2.78 bits per heavy atom. The van der Waals surface area contributed by atoms with Gasteiger partial charge >= 0.3 is 0 Å². The van der Waals surface area contributed by atoms with Crippen molar-refractivity contribution in [2.75, 3.05) is 19.8 Å². The zero-order valence-electron chi connectivity index (χ0n) is 5.25. The molecule has 1 saturated heterocycles. The monoisotopic (exact) mass is 128 g/mol. The van der Waals surface area contributed by atoms with Crippen molar-refractivity contribution in [3.63, 3.8) is 0 Å². The first-order valence-electron chi connectivity index (χ1n) is 2.94. The standard InChI is InChI=1S/C6H10NO2/c1-2-3-7-6-8-4-5-9-6/h2,6H,1,3-5H2. The molecule has 1 aliphatic rings. The topological polar surface area (TPSA) is 32.6 Å². The highest BCUT2D eigenvalue weighted by Gasteiger charge is 2.14. The molecule has 3 nitrogen and oxygen atoms in total. The van der Waals surface area contributed by atoms with Crippen LogP contribution in [0.2, 0.25) is 0 Å². The van der Waals surface area contributed by atoms with E-state index in [1.165, 1.54) is 0 Å². The van der Waals surface area contributed by atoms with E-state index in [0.29, 0.717) is 19.8 Å². The van der Waals surface area contributed by atoms with Crippen molar-refractivity contribution >= 4 is 0 Å². The van der Waals surface area contributed by atoms with Crippen LogP contribution in [0.1, 0.15) is 0 Å². The van der Waals surface area contributed by atoms with Crippen molar-refractivity contribution in [2.24, 2.45) is 0 Å². The number of hydrogen-bond donors (Lipinski definition) is 0. The van der Waals surface area contributed by atoms with Crippen molar-refractivity contribution in [2.45, 2.75) is 6.41 Å². The van der Waals surface area contributed by atoms with E-state index in [0.717, 1.165) is 0 Å². The van der Waals surface area contributed by atoms with Gasteiger partial charge in [-0.2, -0.15) is 5.32 Å². The molecule has 1 rings (SSSR count). The van der Waals surface area contributed by atoms with E-state index in [9.17, 15) is 0 Å². The molecule has 1 heterocycles. The van der Waals surface area contributed by atoms with Gasteiger partial charge in [-0.3, -0.25) is 0 Å². The van der Waals surface area contributed by atoms with Crippen LogP contribution in [0.15, 0.2) is 12.7 Å². The smallest absolute Gasteiger partial charge is 0.232 e. The van der Waals surface area contributed by atoms with Gasteiger partial charge in [-0.1, -0.05) is 6.08 Å². The Bertz CT molecular complexity index is 89.1. The predicted octanol–water partition coefficient (Wildman–Crippen LogP) is 0.107.